The first kappa shape index (κ1) is 25.1. The SMILES string of the molecule is Cc1c(Cl)cccc1S(=O)(=O)Nc1cccnc1OCc1ccc(Cl)c(OCCN(C)C)c1. The van der Waals surface area contributed by atoms with Gasteiger partial charge in [0.05, 0.1) is 9.92 Å². The number of ether oxygens (including phenoxy) is 2. The summed E-state index contributed by atoms with van der Waals surface area (Å²) in [6.07, 6.45) is 1.52. The van der Waals surface area contributed by atoms with E-state index in [1.807, 2.05) is 25.1 Å². The third kappa shape index (κ3) is 6.74. The minimum Gasteiger partial charge on any atom is -0.491 e. The Labute approximate surface area is 204 Å². The maximum absolute atomic E-state index is 12.9. The van der Waals surface area contributed by atoms with Crippen LogP contribution in [0.4, 0.5) is 5.69 Å². The molecule has 1 aromatic heterocycles. The molecule has 0 fully saturated rings. The monoisotopic (exact) mass is 509 g/mol. The van der Waals surface area contributed by atoms with Gasteiger partial charge in [0.2, 0.25) is 5.88 Å². The predicted molar refractivity (Wildman–Crippen MR) is 131 cm³/mol. The van der Waals surface area contributed by atoms with E-state index in [2.05, 4.69) is 9.71 Å². The molecule has 0 saturated heterocycles. The van der Waals surface area contributed by atoms with Crippen molar-refractivity contribution >= 4 is 38.9 Å². The molecular weight excluding hydrogens is 485 g/mol. The summed E-state index contributed by atoms with van der Waals surface area (Å²) in [5, 5.41) is 0.868. The Morgan fingerprint density at radius 3 is 2.58 bits per heavy atom. The molecule has 0 amide bonds. The van der Waals surface area contributed by atoms with Gasteiger partial charge in [-0.2, -0.15) is 0 Å². The van der Waals surface area contributed by atoms with Crippen LogP contribution in [0, 0.1) is 6.92 Å². The molecule has 0 radical (unpaired) electrons. The highest BCUT2D eigenvalue weighted by Crippen LogP contribution is 2.30. The van der Waals surface area contributed by atoms with E-state index in [0.29, 0.717) is 28.0 Å². The first-order chi connectivity index (χ1) is 15.7. The van der Waals surface area contributed by atoms with Gasteiger partial charge in [-0.1, -0.05) is 35.3 Å². The Kier molecular flexibility index (Phi) is 8.42. The Morgan fingerprint density at radius 2 is 1.82 bits per heavy atom. The third-order valence-corrected chi connectivity index (χ3v) is 6.92. The Balaban J connectivity index is 1.75. The molecule has 176 valence electrons. The maximum Gasteiger partial charge on any atom is 0.262 e. The third-order valence-electron chi connectivity index (χ3n) is 4.69. The van der Waals surface area contributed by atoms with Gasteiger partial charge in [-0.25, -0.2) is 13.4 Å². The van der Waals surface area contributed by atoms with Crippen molar-refractivity contribution in [2.24, 2.45) is 0 Å². The van der Waals surface area contributed by atoms with Crippen LogP contribution >= 0.6 is 23.2 Å². The maximum atomic E-state index is 12.9. The van der Waals surface area contributed by atoms with E-state index in [1.54, 1.807) is 43.3 Å². The summed E-state index contributed by atoms with van der Waals surface area (Å²) in [7, 11) is 0.0223. The second-order valence-electron chi connectivity index (χ2n) is 7.53. The largest absolute Gasteiger partial charge is 0.491 e. The van der Waals surface area contributed by atoms with Crippen molar-refractivity contribution in [1.29, 1.82) is 0 Å². The Morgan fingerprint density at radius 1 is 1.03 bits per heavy atom. The van der Waals surface area contributed by atoms with Gasteiger partial charge in [0, 0.05) is 17.8 Å². The predicted octanol–water partition coefficient (Wildman–Crippen LogP) is 5.02. The average molecular weight is 510 g/mol. The second kappa shape index (κ2) is 11.1. The lowest BCUT2D eigenvalue weighted by Crippen LogP contribution is -2.19. The molecule has 0 aliphatic rings. The molecule has 0 saturated carbocycles. The van der Waals surface area contributed by atoms with E-state index < -0.39 is 10.0 Å². The highest BCUT2D eigenvalue weighted by Gasteiger charge is 2.20. The molecular formula is C23H25Cl2N3O4S. The van der Waals surface area contributed by atoms with E-state index in [0.717, 1.165) is 12.1 Å². The normalized spacial score (nSPS) is 11.5. The Hall–Kier alpha value is -2.52. The fraction of sp³-hybridized carbons (Fsp3) is 0.261. The van der Waals surface area contributed by atoms with Crippen molar-refractivity contribution < 1.29 is 17.9 Å². The van der Waals surface area contributed by atoms with Gasteiger partial charge in [-0.3, -0.25) is 4.72 Å². The lowest BCUT2D eigenvalue weighted by atomic mass is 10.2. The molecule has 1 N–H and O–H groups in total. The van der Waals surface area contributed by atoms with Crippen molar-refractivity contribution in [3.63, 3.8) is 0 Å². The number of likely N-dealkylation sites (N-methyl/N-ethyl adjacent to an activating group) is 1. The average Bonchev–Trinajstić information content (AvgIpc) is 2.76. The Bertz CT molecular complexity index is 1220. The minimum absolute atomic E-state index is 0.0852. The van der Waals surface area contributed by atoms with E-state index >= 15 is 0 Å². The molecule has 2 aromatic carbocycles. The summed E-state index contributed by atoms with van der Waals surface area (Å²) >= 11 is 12.3. The second-order valence-corrected chi connectivity index (χ2v) is 9.99. The van der Waals surface area contributed by atoms with Crippen LogP contribution in [-0.2, 0) is 16.6 Å². The lowest BCUT2D eigenvalue weighted by molar-refractivity contribution is 0.259. The molecule has 0 aliphatic carbocycles. The number of hydrogen-bond donors (Lipinski definition) is 1. The fourth-order valence-corrected chi connectivity index (χ4v) is 4.63. The van der Waals surface area contributed by atoms with Crippen LogP contribution < -0.4 is 14.2 Å². The van der Waals surface area contributed by atoms with Crippen LogP contribution in [0.25, 0.3) is 0 Å². The van der Waals surface area contributed by atoms with Gasteiger partial charge in [0.15, 0.2) is 0 Å². The van der Waals surface area contributed by atoms with Crippen LogP contribution in [0.3, 0.4) is 0 Å². The molecule has 10 heteroatoms. The quantitative estimate of drug-likeness (QED) is 0.413. The minimum atomic E-state index is -3.90. The molecule has 7 nitrogen and oxygen atoms in total. The number of benzene rings is 2. The number of rotatable bonds is 10. The summed E-state index contributed by atoms with van der Waals surface area (Å²) in [5.41, 5.74) is 1.47. The molecule has 1 heterocycles. The lowest BCUT2D eigenvalue weighted by Gasteiger charge is -2.15. The molecule has 0 atom stereocenters. The number of nitrogens with one attached hydrogen (secondary N) is 1. The zero-order valence-electron chi connectivity index (χ0n) is 18.5. The van der Waals surface area contributed by atoms with Crippen molar-refractivity contribution in [2.45, 2.75) is 18.4 Å². The van der Waals surface area contributed by atoms with Crippen molar-refractivity contribution in [2.75, 3.05) is 32.0 Å². The van der Waals surface area contributed by atoms with Crippen LogP contribution in [0.2, 0.25) is 10.0 Å². The zero-order valence-corrected chi connectivity index (χ0v) is 20.8. The first-order valence-electron chi connectivity index (χ1n) is 10.1. The van der Waals surface area contributed by atoms with Crippen LogP contribution in [0.5, 0.6) is 11.6 Å². The number of nitrogens with zero attached hydrogens (tertiary/aromatic N) is 2. The summed E-state index contributed by atoms with van der Waals surface area (Å²) in [4.78, 5) is 6.28. The number of pyridine rings is 1. The van der Waals surface area contributed by atoms with Crippen molar-refractivity contribution in [3.05, 3.63) is 75.9 Å². The molecule has 0 bridgehead atoms. The van der Waals surface area contributed by atoms with Crippen molar-refractivity contribution in [3.8, 4) is 11.6 Å². The number of sulfonamides is 1. The molecule has 0 unspecified atom stereocenters. The standard InChI is InChI=1S/C23H25Cl2N3O4S/c1-16-18(24)6-4-8-22(16)33(29,30)27-20-7-5-11-26-23(20)32-15-17-9-10-19(25)21(14-17)31-13-12-28(2)3/h4-11,14,27H,12-13,15H2,1-3H3. The van der Waals surface area contributed by atoms with E-state index in [9.17, 15) is 8.42 Å². The molecule has 33 heavy (non-hydrogen) atoms. The number of aromatic nitrogens is 1. The van der Waals surface area contributed by atoms with Crippen LogP contribution in [-0.4, -0.2) is 45.5 Å². The van der Waals surface area contributed by atoms with Gasteiger partial charge in [-0.15, -0.1) is 0 Å². The highest BCUT2D eigenvalue weighted by molar-refractivity contribution is 7.92. The number of hydrogen-bond acceptors (Lipinski definition) is 6. The van der Waals surface area contributed by atoms with Gasteiger partial charge in [-0.05, 0) is 68.5 Å². The first-order valence-corrected chi connectivity index (χ1v) is 12.3. The molecule has 3 aromatic rings. The van der Waals surface area contributed by atoms with E-state index in [1.165, 1.54) is 12.3 Å². The molecule has 0 aliphatic heterocycles. The summed E-state index contributed by atoms with van der Waals surface area (Å²) < 4.78 is 40.0. The topological polar surface area (TPSA) is 80.8 Å². The highest BCUT2D eigenvalue weighted by atomic mass is 35.5. The number of anilines is 1. The summed E-state index contributed by atoms with van der Waals surface area (Å²) in [5.74, 6) is 0.698. The van der Waals surface area contributed by atoms with E-state index in [4.69, 9.17) is 32.7 Å². The van der Waals surface area contributed by atoms with Gasteiger partial charge < -0.3 is 14.4 Å². The zero-order chi connectivity index (χ0) is 24.0. The van der Waals surface area contributed by atoms with Crippen molar-refractivity contribution in [1.82, 2.24) is 9.88 Å². The van der Waals surface area contributed by atoms with Crippen LogP contribution in [0.15, 0.2) is 59.6 Å². The molecule has 0 spiro atoms. The summed E-state index contributed by atoms with van der Waals surface area (Å²) in [6.45, 7) is 3.03. The number of halogens is 2. The van der Waals surface area contributed by atoms with Gasteiger partial charge in [0.1, 0.15) is 24.7 Å². The van der Waals surface area contributed by atoms with Crippen LogP contribution in [0.1, 0.15) is 11.1 Å². The fourth-order valence-electron chi connectivity index (χ4n) is 2.90. The molecule has 3 rings (SSSR count). The van der Waals surface area contributed by atoms with E-state index in [-0.39, 0.29) is 23.1 Å². The van der Waals surface area contributed by atoms with Gasteiger partial charge >= 0.3 is 0 Å². The smallest absolute Gasteiger partial charge is 0.262 e. The summed E-state index contributed by atoms with van der Waals surface area (Å²) in [6, 6.07) is 13.2. The van der Waals surface area contributed by atoms with Gasteiger partial charge in [0.25, 0.3) is 10.0 Å².